The van der Waals surface area contributed by atoms with Crippen LogP contribution in [0.3, 0.4) is 0 Å². The van der Waals surface area contributed by atoms with Crippen LogP contribution < -0.4 is 4.74 Å². The van der Waals surface area contributed by atoms with Crippen LogP contribution in [0.25, 0.3) is 11.1 Å². The highest BCUT2D eigenvalue weighted by Gasteiger charge is 2.20. The summed E-state index contributed by atoms with van der Waals surface area (Å²) >= 11 is 11.6. The lowest BCUT2D eigenvalue weighted by atomic mass is 10.0. The second kappa shape index (κ2) is 5.23. The molecular weight excluding hydrogens is 297 g/mol. The summed E-state index contributed by atoms with van der Waals surface area (Å²) in [5.74, 6) is -2.51. The van der Waals surface area contributed by atoms with Crippen LogP contribution in [0.4, 0.5) is 8.78 Å². The van der Waals surface area contributed by atoms with Crippen molar-refractivity contribution < 1.29 is 18.6 Å². The fourth-order valence-electron chi connectivity index (χ4n) is 1.74. The smallest absolute Gasteiger partial charge is 0.174 e. The van der Waals surface area contributed by atoms with E-state index < -0.39 is 17.4 Å². The van der Waals surface area contributed by atoms with Crippen LogP contribution in [0.1, 0.15) is 0 Å². The first-order valence-corrected chi connectivity index (χ1v) is 5.91. The molecule has 0 fully saturated rings. The summed E-state index contributed by atoms with van der Waals surface area (Å²) in [6, 6.07) is 4.76. The van der Waals surface area contributed by atoms with Gasteiger partial charge in [-0.3, -0.25) is 0 Å². The Kier molecular flexibility index (Phi) is 3.83. The Morgan fingerprint density at radius 1 is 1.16 bits per heavy atom. The Hall–Kier alpha value is -1.52. The standard InChI is InChI=1S/C13H8Cl2F2O2/c1-19-13-7(4-6(14)5-9(13)16)11-8(15)2-3-10(18)12(11)17/h2-5,18H,1H3. The zero-order chi connectivity index (χ0) is 14.2. The largest absolute Gasteiger partial charge is 0.505 e. The Labute approximate surface area is 118 Å². The van der Waals surface area contributed by atoms with E-state index in [2.05, 4.69) is 0 Å². The maximum atomic E-state index is 14.0. The summed E-state index contributed by atoms with van der Waals surface area (Å²) in [7, 11) is 1.24. The average molecular weight is 305 g/mol. The molecule has 0 atom stereocenters. The fourth-order valence-corrected chi connectivity index (χ4v) is 2.19. The molecule has 0 aromatic heterocycles. The van der Waals surface area contributed by atoms with Gasteiger partial charge in [-0.05, 0) is 24.3 Å². The van der Waals surface area contributed by atoms with Crippen LogP contribution in [0, 0.1) is 11.6 Å². The van der Waals surface area contributed by atoms with Gasteiger partial charge in [0.05, 0.1) is 12.1 Å². The zero-order valence-corrected chi connectivity index (χ0v) is 11.2. The highest BCUT2D eigenvalue weighted by molar-refractivity contribution is 6.34. The predicted molar refractivity (Wildman–Crippen MR) is 70.0 cm³/mol. The molecule has 1 N–H and O–H groups in total. The minimum atomic E-state index is -0.965. The van der Waals surface area contributed by atoms with Gasteiger partial charge in [0.25, 0.3) is 0 Å². The summed E-state index contributed by atoms with van der Waals surface area (Å²) in [6.45, 7) is 0. The molecule has 0 unspecified atom stereocenters. The number of ether oxygens (including phenoxy) is 1. The number of aromatic hydroxyl groups is 1. The summed E-state index contributed by atoms with van der Waals surface area (Å²) in [4.78, 5) is 0. The molecular formula is C13H8Cl2F2O2. The van der Waals surface area contributed by atoms with Gasteiger partial charge < -0.3 is 9.84 Å². The van der Waals surface area contributed by atoms with Crippen LogP contribution >= 0.6 is 23.2 Å². The predicted octanol–water partition coefficient (Wildman–Crippen LogP) is 4.65. The minimum absolute atomic E-state index is 0.00951. The van der Waals surface area contributed by atoms with Crippen molar-refractivity contribution in [3.8, 4) is 22.6 Å². The molecule has 2 aromatic carbocycles. The van der Waals surface area contributed by atoms with Crippen molar-refractivity contribution in [2.24, 2.45) is 0 Å². The Balaban J connectivity index is 2.82. The third-order valence-corrected chi connectivity index (χ3v) is 3.09. The summed E-state index contributed by atoms with van der Waals surface area (Å²) < 4.78 is 32.6. The first-order chi connectivity index (χ1) is 8.95. The number of methoxy groups -OCH3 is 1. The number of phenols is 1. The first-order valence-electron chi connectivity index (χ1n) is 5.16. The third kappa shape index (κ3) is 2.46. The summed E-state index contributed by atoms with van der Waals surface area (Å²) in [6.07, 6.45) is 0. The van der Waals surface area contributed by atoms with E-state index >= 15 is 0 Å². The molecule has 0 radical (unpaired) electrons. The highest BCUT2D eigenvalue weighted by atomic mass is 35.5. The summed E-state index contributed by atoms with van der Waals surface area (Å²) in [5, 5.41) is 9.46. The van der Waals surface area contributed by atoms with Gasteiger partial charge in [-0.15, -0.1) is 0 Å². The van der Waals surface area contributed by atoms with Crippen molar-refractivity contribution in [2.45, 2.75) is 0 Å². The van der Waals surface area contributed by atoms with Crippen LogP contribution in [-0.4, -0.2) is 12.2 Å². The maximum Gasteiger partial charge on any atom is 0.174 e. The van der Waals surface area contributed by atoms with Crippen molar-refractivity contribution in [3.63, 3.8) is 0 Å². The maximum absolute atomic E-state index is 14.0. The van der Waals surface area contributed by atoms with Crippen LogP contribution in [0.2, 0.25) is 10.0 Å². The van der Waals surface area contributed by atoms with E-state index in [4.69, 9.17) is 27.9 Å². The third-order valence-electron chi connectivity index (χ3n) is 2.55. The van der Waals surface area contributed by atoms with Crippen molar-refractivity contribution in [1.82, 2.24) is 0 Å². The molecule has 0 saturated carbocycles. The van der Waals surface area contributed by atoms with E-state index in [0.29, 0.717) is 0 Å². The highest BCUT2D eigenvalue weighted by Crippen LogP contribution is 2.42. The van der Waals surface area contributed by atoms with Crippen molar-refractivity contribution >= 4 is 23.2 Å². The number of rotatable bonds is 2. The Morgan fingerprint density at radius 3 is 2.47 bits per heavy atom. The molecule has 0 bridgehead atoms. The normalized spacial score (nSPS) is 10.6. The lowest BCUT2D eigenvalue weighted by Gasteiger charge is -2.13. The molecule has 0 spiro atoms. The number of phenolic OH excluding ortho intramolecular Hbond substituents is 1. The second-order valence-electron chi connectivity index (χ2n) is 3.72. The van der Waals surface area contributed by atoms with Gasteiger partial charge in [-0.2, -0.15) is 0 Å². The van der Waals surface area contributed by atoms with Crippen LogP contribution in [0.15, 0.2) is 24.3 Å². The molecule has 0 heterocycles. The van der Waals surface area contributed by atoms with E-state index in [1.54, 1.807) is 0 Å². The molecule has 0 aliphatic rings. The molecule has 2 nitrogen and oxygen atoms in total. The van der Waals surface area contributed by atoms with Gasteiger partial charge in [-0.25, -0.2) is 8.78 Å². The molecule has 0 aliphatic carbocycles. The van der Waals surface area contributed by atoms with Crippen LogP contribution in [-0.2, 0) is 0 Å². The quantitative estimate of drug-likeness (QED) is 0.875. The monoisotopic (exact) mass is 304 g/mol. The molecule has 19 heavy (non-hydrogen) atoms. The van der Waals surface area contributed by atoms with E-state index in [1.807, 2.05) is 0 Å². The molecule has 6 heteroatoms. The average Bonchev–Trinajstić information content (AvgIpc) is 2.34. The van der Waals surface area contributed by atoms with Crippen molar-refractivity contribution in [2.75, 3.05) is 7.11 Å². The van der Waals surface area contributed by atoms with E-state index in [0.717, 1.165) is 12.1 Å². The van der Waals surface area contributed by atoms with E-state index in [-0.39, 0.29) is 26.9 Å². The number of halogens is 4. The molecule has 0 aliphatic heterocycles. The van der Waals surface area contributed by atoms with Crippen molar-refractivity contribution in [1.29, 1.82) is 0 Å². The molecule has 0 amide bonds. The first kappa shape index (κ1) is 13.9. The number of hydrogen-bond acceptors (Lipinski definition) is 2. The van der Waals surface area contributed by atoms with Gasteiger partial charge in [0.1, 0.15) is 0 Å². The zero-order valence-electron chi connectivity index (χ0n) is 9.68. The number of hydrogen-bond donors (Lipinski definition) is 1. The van der Waals surface area contributed by atoms with E-state index in [9.17, 15) is 13.9 Å². The van der Waals surface area contributed by atoms with Gasteiger partial charge in [0.2, 0.25) is 0 Å². The van der Waals surface area contributed by atoms with Gasteiger partial charge in [0.15, 0.2) is 23.1 Å². The molecule has 0 saturated heterocycles. The van der Waals surface area contributed by atoms with Gasteiger partial charge in [-0.1, -0.05) is 23.2 Å². The van der Waals surface area contributed by atoms with Gasteiger partial charge >= 0.3 is 0 Å². The number of benzene rings is 2. The van der Waals surface area contributed by atoms with Gasteiger partial charge in [0, 0.05) is 16.1 Å². The lowest BCUT2D eigenvalue weighted by Crippen LogP contribution is -1.95. The van der Waals surface area contributed by atoms with Crippen LogP contribution in [0.5, 0.6) is 11.5 Å². The fraction of sp³-hybridized carbons (Fsp3) is 0.0769. The van der Waals surface area contributed by atoms with Crippen molar-refractivity contribution in [3.05, 3.63) is 45.9 Å². The minimum Gasteiger partial charge on any atom is -0.505 e. The van der Waals surface area contributed by atoms with E-state index in [1.165, 1.54) is 19.2 Å². The summed E-state index contributed by atoms with van der Waals surface area (Å²) in [5.41, 5.74) is -0.134. The molecule has 100 valence electrons. The second-order valence-corrected chi connectivity index (χ2v) is 4.57. The Morgan fingerprint density at radius 2 is 1.84 bits per heavy atom. The topological polar surface area (TPSA) is 29.5 Å². The molecule has 2 aromatic rings. The Bertz CT molecular complexity index is 645. The lowest BCUT2D eigenvalue weighted by molar-refractivity contribution is 0.387. The molecule has 2 rings (SSSR count). The SMILES string of the molecule is COc1c(F)cc(Cl)cc1-c1c(Cl)ccc(O)c1F.